The summed E-state index contributed by atoms with van der Waals surface area (Å²) < 4.78 is 1.71. The molecule has 4 rings (SSSR count). The number of aromatic nitrogens is 2. The Hall–Kier alpha value is -3.71. The molecule has 182 valence electrons. The molecule has 1 unspecified atom stereocenters. The van der Waals surface area contributed by atoms with Gasteiger partial charge in [0.15, 0.2) is 0 Å². The maximum absolute atomic E-state index is 13.3. The van der Waals surface area contributed by atoms with Crippen LogP contribution < -0.4 is 0 Å². The van der Waals surface area contributed by atoms with Crippen LogP contribution in [0.1, 0.15) is 42.3 Å². The molecule has 1 aliphatic rings. The summed E-state index contributed by atoms with van der Waals surface area (Å²) in [7, 11) is 0. The Morgan fingerprint density at radius 1 is 1.00 bits per heavy atom. The smallest absolute Gasteiger partial charge is 0.295 e. The van der Waals surface area contributed by atoms with Crippen LogP contribution in [0.15, 0.2) is 66.4 Å². The predicted molar refractivity (Wildman–Crippen MR) is 136 cm³/mol. The van der Waals surface area contributed by atoms with E-state index in [9.17, 15) is 14.7 Å². The highest BCUT2D eigenvalue weighted by Gasteiger charge is 2.46. The van der Waals surface area contributed by atoms with Gasteiger partial charge in [-0.15, -0.1) is 0 Å². The standard InChI is InChI=1S/C28H32N4O3/c1-5-30(6-2)16-17-31-25(21-14-12-19(3)13-15-21)24(27(34)28(31)35)26(33)23-18-29-32(20(23)4)22-10-8-7-9-11-22/h7-15,18,25,33H,5-6,16-17H2,1-4H3. The molecule has 7 nitrogen and oxygen atoms in total. The van der Waals surface area contributed by atoms with Crippen molar-refractivity contribution in [3.63, 3.8) is 0 Å². The second kappa shape index (κ2) is 10.3. The first-order chi connectivity index (χ1) is 16.9. The van der Waals surface area contributed by atoms with Gasteiger partial charge in [-0.25, -0.2) is 4.68 Å². The molecule has 1 fully saturated rings. The van der Waals surface area contributed by atoms with Crippen molar-refractivity contribution >= 4 is 17.4 Å². The summed E-state index contributed by atoms with van der Waals surface area (Å²) in [5, 5.41) is 15.9. The molecule has 1 atom stereocenters. The van der Waals surface area contributed by atoms with E-state index < -0.39 is 17.7 Å². The summed E-state index contributed by atoms with van der Waals surface area (Å²) in [6.45, 7) is 10.7. The molecule has 0 radical (unpaired) electrons. The summed E-state index contributed by atoms with van der Waals surface area (Å²) in [5.74, 6) is -1.45. The van der Waals surface area contributed by atoms with Gasteiger partial charge in [0.05, 0.1) is 34.8 Å². The highest BCUT2D eigenvalue weighted by atomic mass is 16.3. The molecular formula is C28H32N4O3. The van der Waals surface area contributed by atoms with Gasteiger partial charge in [-0.1, -0.05) is 61.9 Å². The number of para-hydroxylation sites is 1. The Labute approximate surface area is 206 Å². The molecule has 1 aliphatic heterocycles. The first kappa shape index (κ1) is 24.4. The Morgan fingerprint density at radius 2 is 1.66 bits per heavy atom. The summed E-state index contributed by atoms with van der Waals surface area (Å²) >= 11 is 0. The number of hydrogen-bond donors (Lipinski definition) is 1. The normalized spacial score (nSPS) is 17.5. The van der Waals surface area contributed by atoms with Crippen molar-refractivity contribution in [2.45, 2.75) is 33.7 Å². The van der Waals surface area contributed by atoms with E-state index in [1.807, 2.05) is 68.4 Å². The number of amides is 1. The lowest BCUT2D eigenvalue weighted by Gasteiger charge is -2.28. The number of hydrogen-bond acceptors (Lipinski definition) is 5. The highest BCUT2D eigenvalue weighted by Crippen LogP contribution is 2.40. The quantitative estimate of drug-likeness (QED) is 0.301. The first-order valence-corrected chi connectivity index (χ1v) is 12.0. The van der Waals surface area contributed by atoms with Gasteiger partial charge in [0, 0.05) is 13.1 Å². The summed E-state index contributed by atoms with van der Waals surface area (Å²) in [6.07, 6.45) is 1.55. The van der Waals surface area contributed by atoms with Crippen LogP contribution >= 0.6 is 0 Å². The molecule has 0 saturated carbocycles. The van der Waals surface area contributed by atoms with Crippen LogP contribution in [0.5, 0.6) is 0 Å². The van der Waals surface area contributed by atoms with E-state index in [2.05, 4.69) is 23.8 Å². The average molecular weight is 473 g/mol. The Bertz CT molecular complexity index is 1240. The molecule has 2 heterocycles. The molecule has 0 bridgehead atoms. The molecular weight excluding hydrogens is 440 g/mol. The molecule has 2 aromatic carbocycles. The van der Waals surface area contributed by atoms with Crippen LogP contribution in [0.25, 0.3) is 11.4 Å². The van der Waals surface area contributed by atoms with Crippen molar-refractivity contribution in [1.82, 2.24) is 19.6 Å². The van der Waals surface area contributed by atoms with Crippen molar-refractivity contribution in [3.05, 3.63) is 88.8 Å². The van der Waals surface area contributed by atoms with Gasteiger partial charge in [0.1, 0.15) is 5.76 Å². The third kappa shape index (κ3) is 4.64. The van der Waals surface area contributed by atoms with Crippen LogP contribution in [0, 0.1) is 13.8 Å². The number of carbonyl (C=O) groups excluding carboxylic acids is 2. The van der Waals surface area contributed by atoms with Gasteiger partial charge in [-0.3, -0.25) is 9.59 Å². The molecule has 35 heavy (non-hydrogen) atoms. The largest absolute Gasteiger partial charge is 0.507 e. The Morgan fingerprint density at radius 3 is 2.29 bits per heavy atom. The maximum atomic E-state index is 13.3. The van der Waals surface area contributed by atoms with Gasteiger partial charge >= 0.3 is 0 Å². The number of nitrogens with zero attached hydrogens (tertiary/aromatic N) is 4. The fourth-order valence-electron chi connectivity index (χ4n) is 4.61. The topological polar surface area (TPSA) is 78.7 Å². The predicted octanol–water partition coefficient (Wildman–Crippen LogP) is 4.25. The third-order valence-electron chi connectivity index (χ3n) is 6.75. The van der Waals surface area contributed by atoms with Gasteiger partial charge in [0.25, 0.3) is 11.7 Å². The average Bonchev–Trinajstić information content (AvgIpc) is 3.38. The summed E-state index contributed by atoms with van der Waals surface area (Å²) in [5.41, 5.74) is 3.95. The number of aliphatic hydroxyl groups excluding tert-OH is 1. The van der Waals surface area contributed by atoms with Crippen LogP contribution in [-0.2, 0) is 9.59 Å². The SMILES string of the molecule is CCN(CC)CCN1C(=O)C(=O)C(=C(O)c2cnn(-c3ccccc3)c2C)C1c1ccc(C)cc1. The van der Waals surface area contributed by atoms with E-state index in [4.69, 9.17) is 0 Å². The van der Waals surface area contributed by atoms with E-state index in [1.165, 1.54) is 0 Å². The molecule has 0 aliphatic carbocycles. The maximum Gasteiger partial charge on any atom is 0.295 e. The lowest BCUT2D eigenvalue weighted by molar-refractivity contribution is -0.140. The van der Waals surface area contributed by atoms with E-state index >= 15 is 0 Å². The number of benzene rings is 2. The van der Waals surface area contributed by atoms with Crippen molar-refractivity contribution < 1.29 is 14.7 Å². The number of aliphatic hydroxyl groups is 1. The third-order valence-corrected chi connectivity index (χ3v) is 6.75. The van der Waals surface area contributed by atoms with Gasteiger partial charge in [0.2, 0.25) is 0 Å². The number of ketones is 1. The number of aryl methyl sites for hydroxylation is 1. The minimum atomic E-state index is -0.667. The Balaban J connectivity index is 1.81. The van der Waals surface area contributed by atoms with Gasteiger partial charge in [-0.2, -0.15) is 5.10 Å². The second-order valence-corrected chi connectivity index (χ2v) is 8.82. The fraction of sp³-hybridized carbons (Fsp3) is 0.321. The van der Waals surface area contributed by atoms with Crippen molar-refractivity contribution in [2.24, 2.45) is 0 Å². The van der Waals surface area contributed by atoms with Crippen molar-refractivity contribution in [3.8, 4) is 5.69 Å². The first-order valence-electron chi connectivity index (χ1n) is 12.0. The van der Waals surface area contributed by atoms with E-state index in [1.54, 1.807) is 15.8 Å². The van der Waals surface area contributed by atoms with Crippen LogP contribution in [0.3, 0.4) is 0 Å². The number of likely N-dealkylation sites (N-methyl/N-ethyl adjacent to an activating group) is 1. The van der Waals surface area contributed by atoms with Crippen LogP contribution in [0.2, 0.25) is 0 Å². The van der Waals surface area contributed by atoms with Crippen LogP contribution in [0.4, 0.5) is 0 Å². The number of Topliss-reactive ketones (excluding diaryl/α,β-unsaturated/α-hetero) is 1. The van der Waals surface area contributed by atoms with E-state index in [0.717, 1.165) is 29.9 Å². The fourth-order valence-corrected chi connectivity index (χ4v) is 4.61. The summed E-state index contributed by atoms with van der Waals surface area (Å²) in [6, 6.07) is 16.7. The van der Waals surface area contributed by atoms with Crippen molar-refractivity contribution in [1.29, 1.82) is 0 Å². The molecule has 3 aromatic rings. The molecule has 1 N–H and O–H groups in total. The molecule has 1 saturated heterocycles. The zero-order valence-electron chi connectivity index (χ0n) is 20.7. The molecule has 1 aromatic heterocycles. The van der Waals surface area contributed by atoms with E-state index in [0.29, 0.717) is 24.3 Å². The minimum Gasteiger partial charge on any atom is -0.507 e. The molecule has 7 heteroatoms. The lowest BCUT2D eigenvalue weighted by Crippen LogP contribution is -2.38. The molecule has 0 spiro atoms. The van der Waals surface area contributed by atoms with E-state index in [-0.39, 0.29) is 11.3 Å². The zero-order valence-corrected chi connectivity index (χ0v) is 20.7. The summed E-state index contributed by atoms with van der Waals surface area (Å²) in [4.78, 5) is 30.3. The van der Waals surface area contributed by atoms with Gasteiger partial charge < -0.3 is 14.9 Å². The lowest BCUT2D eigenvalue weighted by atomic mass is 9.95. The highest BCUT2D eigenvalue weighted by molar-refractivity contribution is 6.46. The molecule has 1 amide bonds. The zero-order chi connectivity index (χ0) is 25.1. The second-order valence-electron chi connectivity index (χ2n) is 8.82. The van der Waals surface area contributed by atoms with Crippen molar-refractivity contribution in [2.75, 3.05) is 26.2 Å². The van der Waals surface area contributed by atoms with Crippen LogP contribution in [-0.4, -0.2) is 62.6 Å². The minimum absolute atomic E-state index is 0.106. The number of carbonyl (C=O) groups is 2. The monoisotopic (exact) mass is 472 g/mol. The number of rotatable bonds is 8. The number of likely N-dealkylation sites (tertiary alicyclic amines) is 1. The Kier molecular flexibility index (Phi) is 7.17. The van der Waals surface area contributed by atoms with Gasteiger partial charge in [-0.05, 0) is 44.6 Å².